The normalized spacial score (nSPS) is 14.6. The molecule has 0 unspecified atom stereocenters. The van der Waals surface area contributed by atoms with Crippen LogP contribution in [0.25, 0.3) is 0 Å². The van der Waals surface area contributed by atoms with Gasteiger partial charge in [0.25, 0.3) is 5.69 Å². The van der Waals surface area contributed by atoms with Crippen LogP contribution < -0.4 is 0 Å². The smallest absolute Gasteiger partial charge is 0.465 e. The fourth-order valence-corrected chi connectivity index (χ4v) is 2.62. The summed E-state index contributed by atoms with van der Waals surface area (Å²) < 4.78 is 42.2. The van der Waals surface area contributed by atoms with Gasteiger partial charge in [0.2, 0.25) is 0 Å². The van der Waals surface area contributed by atoms with Crippen LogP contribution in [0.3, 0.4) is 0 Å². The van der Waals surface area contributed by atoms with Gasteiger partial charge in [-0.15, -0.1) is 0 Å². The number of methoxy groups -OCH3 is 1. The second-order valence-electron chi connectivity index (χ2n) is 5.17. The van der Waals surface area contributed by atoms with Crippen LogP contribution in [0.5, 0.6) is 0 Å². The van der Waals surface area contributed by atoms with Gasteiger partial charge >= 0.3 is 18.1 Å². The zero-order valence-electron chi connectivity index (χ0n) is 12.6. The summed E-state index contributed by atoms with van der Waals surface area (Å²) in [4.78, 5) is 34.1. The third kappa shape index (κ3) is 3.47. The molecular formula is C14H13F3N2O5. The Labute approximate surface area is 134 Å². The van der Waals surface area contributed by atoms with Gasteiger partial charge in [-0.25, -0.2) is 4.79 Å². The maximum Gasteiger partial charge on any atom is 0.471 e. The van der Waals surface area contributed by atoms with Gasteiger partial charge in [-0.2, -0.15) is 13.2 Å². The Balaban J connectivity index is 2.40. The van der Waals surface area contributed by atoms with Crippen LogP contribution in [0.4, 0.5) is 18.9 Å². The predicted molar refractivity (Wildman–Crippen MR) is 74.5 cm³/mol. The highest BCUT2D eigenvalue weighted by atomic mass is 19.4. The fraction of sp³-hybridized carbons (Fsp3) is 0.429. The summed E-state index contributed by atoms with van der Waals surface area (Å²) in [7, 11) is 1.11. The Bertz CT molecular complexity index is 702. The molecule has 0 aromatic heterocycles. The molecule has 0 N–H and O–H groups in total. The summed E-state index contributed by atoms with van der Waals surface area (Å²) in [6.07, 6.45) is -5.13. The largest absolute Gasteiger partial charge is 0.471 e. The van der Waals surface area contributed by atoms with Gasteiger partial charge in [-0.3, -0.25) is 14.9 Å². The molecule has 1 amide bonds. The van der Waals surface area contributed by atoms with Gasteiger partial charge < -0.3 is 9.64 Å². The minimum absolute atomic E-state index is 0.0250. The number of rotatable bonds is 2. The number of hydrogen-bond acceptors (Lipinski definition) is 5. The van der Waals surface area contributed by atoms with Crippen LogP contribution in [-0.2, 0) is 22.4 Å². The number of hydrogen-bond donors (Lipinski definition) is 0. The number of esters is 1. The van der Waals surface area contributed by atoms with Crippen LogP contribution in [-0.4, -0.2) is 48.1 Å². The highest BCUT2D eigenvalue weighted by molar-refractivity contribution is 5.90. The SMILES string of the molecule is COC(=O)c1cc2c(c([N+](=O)[O-])c1)CCN(C(=O)C(F)(F)F)CC2. The van der Waals surface area contributed by atoms with Gasteiger partial charge in [0.05, 0.1) is 17.6 Å². The molecule has 24 heavy (non-hydrogen) atoms. The van der Waals surface area contributed by atoms with Crippen molar-refractivity contribution >= 4 is 17.6 Å². The van der Waals surface area contributed by atoms with Crippen LogP contribution in [0.15, 0.2) is 12.1 Å². The Morgan fingerprint density at radius 2 is 1.88 bits per heavy atom. The summed E-state index contributed by atoms with van der Waals surface area (Å²) >= 11 is 0. The summed E-state index contributed by atoms with van der Waals surface area (Å²) in [5, 5.41) is 11.2. The molecule has 1 aromatic rings. The molecule has 0 radical (unpaired) electrons. The lowest BCUT2D eigenvalue weighted by Crippen LogP contribution is -2.42. The van der Waals surface area contributed by atoms with E-state index in [1.165, 1.54) is 6.07 Å². The quantitative estimate of drug-likeness (QED) is 0.463. The number of nitrogens with zero attached hydrogens (tertiary/aromatic N) is 2. The number of benzene rings is 1. The molecule has 0 saturated heterocycles. The molecule has 130 valence electrons. The molecule has 10 heteroatoms. The average Bonchev–Trinajstić information content (AvgIpc) is 2.73. The number of fused-ring (bicyclic) bond motifs is 1. The van der Waals surface area contributed by atoms with E-state index in [1.807, 2.05) is 0 Å². The molecule has 0 fully saturated rings. The molecule has 7 nitrogen and oxygen atoms in total. The molecule has 1 aromatic carbocycles. The van der Waals surface area contributed by atoms with Crippen molar-refractivity contribution in [3.05, 3.63) is 38.9 Å². The number of carbonyl (C=O) groups is 2. The maximum absolute atomic E-state index is 12.6. The number of amides is 1. The Kier molecular flexibility index (Phi) is 4.76. The van der Waals surface area contributed by atoms with Crippen molar-refractivity contribution in [2.75, 3.05) is 20.2 Å². The van der Waals surface area contributed by atoms with E-state index in [9.17, 15) is 32.9 Å². The molecule has 0 aliphatic carbocycles. The van der Waals surface area contributed by atoms with Crippen molar-refractivity contribution in [2.45, 2.75) is 19.0 Å². The standard InChI is InChI=1S/C14H13F3N2O5/c1-24-12(20)9-6-8-2-4-18(13(21)14(15,16)17)5-3-10(8)11(7-9)19(22)23/h6-7H,2-5H2,1H3. The number of carbonyl (C=O) groups excluding carboxylic acids is 2. The van der Waals surface area contributed by atoms with E-state index in [2.05, 4.69) is 4.74 Å². The minimum atomic E-state index is -5.00. The molecule has 0 saturated carbocycles. The molecule has 1 aliphatic rings. The zero-order valence-corrected chi connectivity index (χ0v) is 12.6. The van der Waals surface area contributed by atoms with E-state index in [0.29, 0.717) is 10.5 Å². The summed E-state index contributed by atoms with van der Waals surface area (Å²) in [6, 6.07) is 2.39. The first-order valence-corrected chi connectivity index (χ1v) is 6.89. The summed E-state index contributed by atoms with van der Waals surface area (Å²) in [5.41, 5.74) is 0.167. The van der Waals surface area contributed by atoms with Gasteiger partial charge in [0, 0.05) is 24.7 Å². The second kappa shape index (κ2) is 6.46. The van der Waals surface area contributed by atoms with Crippen molar-refractivity contribution in [2.24, 2.45) is 0 Å². The Hall–Kier alpha value is -2.65. The molecule has 0 bridgehead atoms. The zero-order chi connectivity index (χ0) is 18.1. The van der Waals surface area contributed by atoms with E-state index in [-0.39, 0.29) is 42.7 Å². The molecule has 0 atom stereocenters. The second-order valence-corrected chi connectivity index (χ2v) is 5.17. The van der Waals surface area contributed by atoms with Gasteiger partial charge in [0.1, 0.15) is 0 Å². The first kappa shape index (κ1) is 17.7. The molecule has 0 spiro atoms. The molecule has 1 heterocycles. The lowest BCUT2D eigenvalue weighted by molar-refractivity contribution is -0.385. The van der Waals surface area contributed by atoms with Crippen LogP contribution in [0.1, 0.15) is 21.5 Å². The Morgan fingerprint density at radius 3 is 2.42 bits per heavy atom. The van der Waals surface area contributed by atoms with Crippen molar-refractivity contribution in [1.29, 1.82) is 0 Å². The van der Waals surface area contributed by atoms with Crippen LogP contribution >= 0.6 is 0 Å². The predicted octanol–water partition coefficient (Wildman–Crippen LogP) is 1.87. The highest BCUT2D eigenvalue weighted by Gasteiger charge is 2.43. The maximum atomic E-state index is 12.6. The monoisotopic (exact) mass is 346 g/mol. The number of halogens is 3. The first-order chi connectivity index (χ1) is 11.1. The molecule has 2 rings (SSSR count). The lowest BCUT2D eigenvalue weighted by atomic mass is 9.98. The minimum Gasteiger partial charge on any atom is -0.465 e. The summed E-state index contributed by atoms with van der Waals surface area (Å²) in [5.74, 6) is -2.76. The highest BCUT2D eigenvalue weighted by Crippen LogP contribution is 2.29. The van der Waals surface area contributed by atoms with E-state index in [0.717, 1.165) is 13.2 Å². The van der Waals surface area contributed by atoms with E-state index in [1.54, 1.807) is 0 Å². The van der Waals surface area contributed by atoms with E-state index in [4.69, 9.17) is 0 Å². The Morgan fingerprint density at radius 1 is 1.25 bits per heavy atom. The van der Waals surface area contributed by atoms with Crippen LogP contribution in [0, 0.1) is 10.1 Å². The van der Waals surface area contributed by atoms with Crippen molar-refractivity contribution < 1.29 is 32.4 Å². The van der Waals surface area contributed by atoms with Gasteiger partial charge in [-0.1, -0.05) is 0 Å². The van der Waals surface area contributed by atoms with E-state index < -0.39 is 23.0 Å². The van der Waals surface area contributed by atoms with Crippen molar-refractivity contribution in [3.8, 4) is 0 Å². The summed E-state index contributed by atoms with van der Waals surface area (Å²) in [6.45, 7) is -0.531. The lowest BCUT2D eigenvalue weighted by Gasteiger charge is -2.21. The first-order valence-electron chi connectivity index (χ1n) is 6.89. The number of nitro benzene ring substituents is 1. The van der Waals surface area contributed by atoms with Crippen LogP contribution in [0.2, 0.25) is 0 Å². The van der Waals surface area contributed by atoms with Gasteiger partial charge in [-0.05, 0) is 24.5 Å². The topological polar surface area (TPSA) is 89.8 Å². The molecular weight excluding hydrogens is 333 g/mol. The fourth-order valence-electron chi connectivity index (χ4n) is 2.62. The number of nitro groups is 1. The van der Waals surface area contributed by atoms with Crippen molar-refractivity contribution in [1.82, 2.24) is 4.90 Å². The van der Waals surface area contributed by atoms with Crippen molar-refractivity contribution in [3.63, 3.8) is 0 Å². The average molecular weight is 346 g/mol. The number of ether oxygens (including phenoxy) is 1. The third-order valence-electron chi connectivity index (χ3n) is 3.75. The number of alkyl halides is 3. The molecule has 1 aliphatic heterocycles. The third-order valence-corrected chi connectivity index (χ3v) is 3.75. The van der Waals surface area contributed by atoms with Gasteiger partial charge in [0.15, 0.2) is 0 Å². The van der Waals surface area contributed by atoms with E-state index >= 15 is 0 Å².